The Bertz CT molecular complexity index is 747. The number of rotatable bonds is 5. The van der Waals surface area contributed by atoms with Gasteiger partial charge in [0, 0.05) is 16.3 Å². The quantitative estimate of drug-likeness (QED) is 0.846. The van der Waals surface area contributed by atoms with E-state index in [2.05, 4.69) is 21.6 Å². The van der Waals surface area contributed by atoms with Crippen molar-refractivity contribution >= 4 is 52.4 Å². The van der Waals surface area contributed by atoms with Crippen LogP contribution in [0.2, 0.25) is 10.0 Å². The minimum Gasteiger partial charge on any atom is -0.321 e. The van der Waals surface area contributed by atoms with E-state index in [0.717, 1.165) is 28.6 Å². The second-order valence-corrected chi connectivity index (χ2v) is 7.77. The van der Waals surface area contributed by atoms with E-state index in [9.17, 15) is 0 Å². The molecule has 2 heterocycles. The largest absolute Gasteiger partial charge is 0.321 e. The number of fused-ring (bicyclic) bond motifs is 1. The van der Waals surface area contributed by atoms with E-state index in [0.29, 0.717) is 21.6 Å². The Labute approximate surface area is 153 Å². The third kappa shape index (κ3) is 3.69. The number of hydrogen-bond acceptors (Lipinski definition) is 6. The molecule has 0 radical (unpaired) electrons. The molecule has 1 aromatic carbocycles. The molecule has 0 spiro atoms. The highest BCUT2D eigenvalue weighted by Crippen LogP contribution is 2.29. The molecule has 0 saturated carbocycles. The second-order valence-electron chi connectivity index (χ2n) is 5.00. The Kier molecular flexibility index (Phi) is 5.53. The minimum absolute atomic E-state index is 0.187. The maximum atomic E-state index is 6.29. The molecule has 0 aliphatic carbocycles. The second kappa shape index (κ2) is 7.44. The number of aromatic nitrogens is 3. The van der Waals surface area contributed by atoms with Gasteiger partial charge >= 0.3 is 0 Å². The first-order valence-corrected chi connectivity index (χ1v) is 10.1. The van der Waals surface area contributed by atoms with Crippen LogP contribution in [0, 0.1) is 0 Å². The summed E-state index contributed by atoms with van der Waals surface area (Å²) in [6.45, 7) is 0. The maximum Gasteiger partial charge on any atom is 0.212 e. The van der Waals surface area contributed by atoms with Gasteiger partial charge in [0.25, 0.3) is 0 Å². The van der Waals surface area contributed by atoms with E-state index in [1.807, 2.05) is 12.1 Å². The zero-order valence-electron chi connectivity index (χ0n) is 12.4. The van der Waals surface area contributed by atoms with Crippen molar-refractivity contribution in [3.63, 3.8) is 0 Å². The van der Waals surface area contributed by atoms with Gasteiger partial charge in [-0.2, -0.15) is 21.5 Å². The van der Waals surface area contributed by atoms with Crippen LogP contribution in [0.15, 0.2) is 28.5 Å². The standard InChI is InChI=1S/C14H15Cl2N5S2/c1-22-5-4-11(17)13-18-19-14-21(13)20-12(7-23-14)9-3-2-8(15)6-10(9)16/h2-3,6,11H,4-5,7,17H2,1H3. The molecule has 9 heteroatoms. The molecule has 1 atom stereocenters. The van der Waals surface area contributed by atoms with Crippen LogP contribution in [0.3, 0.4) is 0 Å². The molecule has 0 fully saturated rings. The van der Waals surface area contributed by atoms with Crippen molar-refractivity contribution in [1.82, 2.24) is 14.9 Å². The van der Waals surface area contributed by atoms with E-state index in [4.69, 9.17) is 28.9 Å². The van der Waals surface area contributed by atoms with Crippen molar-refractivity contribution < 1.29 is 0 Å². The van der Waals surface area contributed by atoms with Gasteiger partial charge in [-0.25, -0.2) is 0 Å². The number of nitrogens with two attached hydrogens (primary N) is 1. The summed E-state index contributed by atoms with van der Waals surface area (Å²) in [5, 5.41) is 15.0. The normalized spacial score (nSPS) is 15.2. The van der Waals surface area contributed by atoms with Crippen molar-refractivity contribution in [2.45, 2.75) is 17.6 Å². The average Bonchev–Trinajstić information content (AvgIpc) is 2.95. The molecule has 2 aromatic rings. The average molecular weight is 388 g/mol. The molecule has 1 aliphatic rings. The van der Waals surface area contributed by atoms with Crippen LogP contribution >= 0.6 is 46.7 Å². The predicted molar refractivity (Wildman–Crippen MR) is 99.1 cm³/mol. The molecule has 1 unspecified atom stereocenters. The van der Waals surface area contributed by atoms with Crippen molar-refractivity contribution in [3.8, 4) is 0 Å². The smallest absolute Gasteiger partial charge is 0.212 e. The van der Waals surface area contributed by atoms with Crippen molar-refractivity contribution in [3.05, 3.63) is 39.6 Å². The van der Waals surface area contributed by atoms with E-state index in [1.54, 1.807) is 34.3 Å². The lowest BCUT2D eigenvalue weighted by Gasteiger charge is -2.16. The van der Waals surface area contributed by atoms with Crippen LogP contribution in [0.5, 0.6) is 0 Å². The lowest BCUT2D eigenvalue weighted by Crippen LogP contribution is -2.20. The van der Waals surface area contributed by atoms with E-state index in [-0.39, 0.29) is 6.04 Å². The highest BCUT2D eigenvalue weighted by atomic mass is 35.5. The van der Waals surface area contributed by atoms with Crippen LogP contribution in [0.4, 0.5) is 0 Å². The van der Waals surface area contributed by atoms with Crippen LogP contribution < -0.4 is 5.73 Å². The van der Waals surface area contributed by atoms with Gasteiger partial charge < -0.3 is 5.73 Å². The molecule has 5 nitrogen and oxygen atoms in total. The summed E-state index contributed by atoms with van der Waals surface area (Å²) in [6.07, 6.45) is 2.89. The first-order valence-electron chi connectivity index (χ1n) is 6.96. The fourth-order valence-electron chi connectivity index (χ4n) is 2.20. The summed E-state index contributed by atoms with van der Waals surface area (Å²) in [6, 6.07) is 5.22. The highest BCUT2D eigenvalue weighted by Gasteiger charge is 2.23. The van der Waals surface area contributed by atoms with Crippen molar-refractivity contribution in [1.29, 1.82) is 0 Å². The lowest BCUT2D eigenvalue weighted by atomic mass is 10.1. The third-order valence-electron chi connectivity index (χ3n) is 3.40. The summed E-state index contributed by atoms with van der Waals surface area (Å²) >= 11 is 15.6. The fourth-order valence-corrected chi connectivity index (χ4v) is 4.04. The van der Waals surface area contributed by atoms with Crippen LogP contribution in [0.1, 0.15) is 23.9 Å². The Hall–Kier alpha value is -0.730. The summed E-state index contributed by atoms with van der Waals surface area (Å²) in [5.74, 6) is 2.33. The Morgan fingerprint density at radius 3 is 2.96 bits per heavy atom. The molecular formula is C14H15Cl2N5S2. The molecular weight excluding hydrogens is 373 g/mol. The first-order chi connectivity index (χ1) is 11.1. The number of benzene rings is 1. The summed E-state index contributed by atoms with van der Waals surface area (Å²) in [5.41, 5.74) is 7.96. The molecule has 0 bridgehead atoms. The van der Waals surface area contributed by atoms with Crippen molar-refractivity contribution in [2.24, 2.45) is 10.8 Å². The molecule has 0 saturated heterocycles. The number of halogens is 2. The molecule has 122 valence electrons. The van der Waals surface area contributed by atoms with Gasteiger partial charge in [-0.05, 0) is 30.6 Å². The van der Waals surface area contributed by atoms with Gasteiger partial charge in [0.15, 0.2) is 5.82 Å². The van der Waals surface area contributed by atoms with E-state index < -0.39 is 0 Å². The maximum absolute atomic E-state index is 6.29. The topological polar surface area (TPSA) is 69.1 Å². The SMILES string of the molecule is CSCCC(N)c1nnc2n1N=C(c1ccc(Cl)cc1Cl)CS2. The van der Waals surface area contributed by atoms with Gasteiger partial charge in [-0.3, -0.25) is 0 Å². The van der Waals surface area contributed by atoms with Crippen molar-refractivity contribution in [2.75, 3.05) is 17.8 Å². The molecule has 1 aliphatic heterocycles. The number of hydrogen-bond donors (Lipinski definition) is 1. The van der Waals surface area contributed by atoms with Crippen LogP contribution in [-0.4, -0.2) is 38.3 Å². The third-order valence-corrected chi connectivity index (χ3v) is 5.52. The highest BCUT2D eigenvalue weighted by molar-refractivity contribution is 7.99. The van der Waals surface area contributed by atoms with Gasteiger partial charge in [-0.15, -0.1) is 10.2 Å². The monoisotopic (exact) mass is 387 g/mol. The fraction of sp³-hybridized carbons (Fsp3) is 0.357. The minimum atomic E-state index is -0.187. The molecule has 1 aromatic heterocycles. The number of nitrogens with zero attached hydrogens (tertiary/aromatic N) is 4. The summed E-state index contributed by atoms with van der Waals surface area (Å²) in [7, 11) is 0. The van der Waals surface area contributed by atoms with Gasteiger partial charge in [-0.1, -0.05) is 41.0 Å². The Morgan fingerprint density at radius 1 is 1.39 bits per heavy atom. The van der Waals surface area contributed by atoms with E-state index in [1.165, 1.54) is 0 Å². The zero-order valence-corrected chi connectivity index (χ0v) is 15.5. The van der Waals surface area contributed by atoms with Crippen LogP contribution in [-0.2, 0) is 0 Å². The zero-order chi connectivity index (χ0) is 16.4. The molecule has 2 N–H and O–H groups in total. The Morgan fingerprint density at radius 2 is 2.22 bits per heavy atom. The molecule has 23 heavy (non-hydrogen) atoms. The predicted octanol–water partition coefficient (Wildman–Crippen LogP) is 3.70. The van der Waals surface area contributed by atoms with Gasteiger partial charge in [0.1, 0.15) is 0 Å². The van der Waals surface area contributed by atoms with Crippen LogP contribution in [0.25, 0.3) is 0 Å². The van der Waals surface area contributed by atoms with Gasteiger partial charge in [0.05, 0.1) is 16.8 Å². The summed E-state index contributed by atoms with van der Waals surface area (Å²) < 4.78 is 1.74. The Balaban J connectivity index is 1.95. The number of thioether (sulfide) groups is 2. The van der Waals surface area contributed by atoms with E-state index >= 15 is 0 Å². The molecule has 0 amide bonds. The first kappa shape index (κ1) is 17.1. The molecule has 3 rings (SSSR count). The lowest BCUT2D eigenvalue weighted by molar-refractivity contribution is 0.598. The van der Waals surface area contributed by atoms with Gasteiger partial charge in [0.2, 0.25) is 5.16 Å². The summed E-state index contributed by atoms with van der Waals surface area (Å²) in [4.78, 5) is 0.